The van der Waals surface area contributed by atoms with Crippen molar-refractivity contribution in [3.05, 3.63) is 39.9 Å². The Balaban J connectivity index is 1.56. The molecule has 1 aromatic carbocycles. The highest BCUT2D eigenvalue weighted by Gasteiger charge is 2.44. The van der Waals surface area contributed by atoms with Crippen LogP contribution in [0.25, 0.3) is 0 Å². The molecular weight excluding hydrogens is 380 g/mol. The van der Waals surface area contributed by atoms with Crippen LogP contribution in [0, 0.1) is 16.0 Å². The third kappa shape index (κ3) is 4.64. The van der Waals surface area contributed by atoms with Crippen molar-refractivity contribution in [3.8, 4) is 0 Å². The minimum atomic E-state index is -0.495. The molecule has 1 aromatic rings. The average Bonchev–Trinajstić information content (AvgIpc) is 3.10. The molecule has 0 bridgehead atoms. The van der Waals surface area contributed by atoms with Crippen molar-refractivity contribution in [3.63, 3.8) is 0 Å². The Morgan fingerprint density at radius 1 is 1.39 bits per heavy atom. The van der Waals surface area contributed by atoms with E-state index in [9.17, 15) is 19.7 Å². The summed E-state index contributed by atoms with van der Waals surface area (Å²) in [6, 6.07) is 5.64. The summed E-state index contributed by atoms with van der Waals surface area (Å²) in [5.74, 6) is 0.985. The Morgan fingerprint density at radius 2 is 2.11 bits per heavy atom. The summed E-state index contributed by atoms with van der Waals surface area (Å²) >= 11 is 1.75. The summed E-state index contributed by atoms with van der Waals surface area (Å²) in [4.78, 5) is 37.0. The fraction of sp³-hybridized carbons (Fsp3) is 0.579. The van der Waals surface area contributed by atoms with Gasteiger partial charge in [-0.05, 0) is 24.8 Å². The Hall–Kier alpha value is -2.13. The molecule has 1 spiro atoms. The molecule has 2 N–H and O–H groups in total. The van der Waals surface area contributed by atoms with E-state index in [1.165, 1.54) is 18.2 Å². The number of thioether (sulfide) groups is 1. The predicted octanol–water partition coefficient (Wildman–Crippen LogP) is 2.00. The second-order valence-corrected chi connectivity index (χ2v) is 9.14. The monoisotopic (exact) mass is 406 g/mol. The van der Waals surface area contributed by atoms with Crippen LogP contribution >= 0.6 is 11.8 Å². The van der Waals surface area contributed by atoms with E-state index in [1.807, 2.05) is 0 Å². The molecule has 0 aromatic heterocycles. The minimum Gasteiger partial charge on any atom is -0.354 e. The van der Waals surface area contributed by atoms with Gasteiger partial charge in [0.25, 0.3) is 11.6 Å². The van der Waals surface area contributed by atoms with E-state index in [4.69, 9.17) is 0 Å². The maximum Gasteiger partial charge on any atom is 0.270 e. The van der Waals surface area contributed by atoms with Crippen LogP contribution in [-0.4, -0.2) is 57.9 Å². The number of non-ortho nitro benzene ring substituents is 1. The highest BCUT2D eigenvalue weighted by atomic mass is 32.2. The summed E-state index contributed by atoms with van der Waals surface area (Å²) in [5, 5.41) is 17.4. The Labute approximate surface area is 168 Å². The van der Waals surface area contributed by atoms with Crippen LogP contribution in [-0.2, 0) is 4.79 Å². The van der Waals surface area contributed by atoms with Gasteiger partial charge in [-0.1, -0.05) is 19.9 Å². The number of carbonyl (C=O) groups excluding carboxylic acids is 2. The first kappa shape index (κ1) is 20.6. The fourth-order valence-electron chi connectivity index (χ4n) is 3.51. The molecule has 0 aliphatic carbocycles. The van der Waals surface area contributed by atoms with Gasteiger partial charge in [-0.2, -0.15) is 0 Å². The quantitative estimate of drug-likeness (QED) is 0.572. The first-order chi connectivity index (χ1) is 13.3. The number of hydrogen-bond donors (Lipinski definition) is 2. The van der Waals surface area contributed by atoms with Gasteiger partial charge in [0.05, 0.1) is 15.8 Å². The Bertz CT molecular complexity index is 762. The molecule has 3 rings (SSSR count). The van der Waals surface area contributed by atoms with Gasteiger partial charge in [0.1, 0.15) is 0 Å². The number of rotatable bonds is 5. The SMILES string of the molecule is CC(C)CNC(=O)C1CSC2(CCN(C(=O)c3cccc([N+](=O)[O-])c3)CC2)N1. The number of hydrogen-bond acceptors (Lipinski definition) is 6. The van der Waals surface area contributed by atoms with Crippen LogP contribution in [0.1, 0.15) is 37.0 Å². The average molecular weight is 407 g/mol. The third-order valence-electron chi connectivity index (χ3n) is 5.13. The molecule has 1 atom stereocenters. The van der Waals surface area contributed by atoms with Crippen LogP contribution in [0.5, 0.6) is 0 Å². The molecule has 2 fully saturated rings. The lowest BCUT2D eigenvalue weighted by Crippen LogP contribution is -2.54. The van der Waals surface area contributed by atoms with Crippen LogP contribution in [0.2, 0.25) is 0 Å². The topological polar surface area (TPSA) is 105 Å². The van der Waals surface area contributed by atoms with Gasteiger partial charge in [-0.3, -0.25) is 25.0 Å². The van der Waals surface area contributed by atoms with Gasteiger partial charge in [0.2, 0.25) is 5.91 Å². The van der Waals surface area contributed by atoms with E-state index in [0.29, 0.717) is 31.1 Å². The predicted molar refractivity (Wildman–Crippen MR) is 108 cm³/mol. The number of nitrogens with zero attached hydrogens (tertiary/aromatic N) is 2. The van der Waals surface area contributed by atoms with E-state index in [0.717, 1.165) is 18.6 Å². The van der Waals surface area contributed by atoms with E-state index in [-0.39, 0.29) is 28.4 Å². The van der Waals surface area contributed by atoms with Gasteiger partial charge in [-0.25, -0.2) is 0 Å². The van der Waals surface area contributed by atoms with Crippen molar-refractivity contribution in [1.82, 2.24) is 15.5 Å². The summed E-state index contributed by atoms with van der Waals surface area (Å²) in [5.41, 5.74) is 0.255. The van der Waals surface area contributed by atoms with Crippen molar-refractivity contribution in [2.45, 2.75) is 37.6 Å². The van der Waals surface area contributed by atoms with Crippen molar-refractivity contribution >= 4 is 29.3 Å². The van der Waals surface area contributed by atoms with E-state index < -0.39 is 4.92 Å². The zero-order valence-electron chi connectivity index (χ0n) is 16.1. The maximum absolute atomic E-state index is 12.7. The van der Waals surface area contributed by atoms with Crippen LogP contribution in [0.4, 0.5) is 5.69 Å². The Kier molecular flexibility index (Phi) is 6.24. The number of piperidine rings is 1. The van der Waals surface area contributed by atoms with Gasteiger partial charge in [0, 0.05) is 43.1 Å². The lowest BCUT2D eigenvalue weighted by Gasteiger charge is -2.39. The fourth-order valence-corrected chi connectivity index (χ4v) is 4.92. The lowest BCUT2D eigenvalue weighted by atomic mass is 10.0. The molecule has 0 radical (unpaired) electrons. The number of nitro groups is 1. The number of nitrogens with one attached hydrogen (secondary N) is 2. The van der Waals surface area contributed by atoms with Crippen LogP contribution in [0.3, 0.4) is 0 Å². The number of nitro benzene ring substituents is 1. The number of benzene rings is 1. The van der Waals surface area contributed by atoms with E-state index in [1.54, 1.807) is 22.7 Å². The first-order valence-corrected chi connectivity index (χ1v) is 10.5. The molecule has 2 aliphatic rings. The molecule has 1 unspecified atom stereocenters. The zero-order valence-corrected chi connectivity index (χ0v) is 17.0. The maximum atomic E-state index is 12.7. The largest absolute Gasteiger partial charge is 0.354 e. The molecule has 2 amide bonds. The molecule has 152 valence electrons. The van der Waals surface area contributed by atoms with Crippen molar-refractivity contribution in [2.75, 3.05) is 25.4 Å². The highest BCUT2D eigenvalue weighted by Crippen LogP contribution is 2.39. The van der Waals surface area contributed by atoms with Gasteiger partial charge in [0.15, 0.2) is 0 Å². The van der Waals surface area contributed by atoms with Gasteiger partial charge >= 0.3 is 0 Å². The zero-order chi connectivity index (χ0) is 20.3. The summed E-state index contributed by atoms with van der Waals surface area (Å²) in [6.07, 6.45) is 1.48. The first-order valence-electron chi connectivity index (χ1n) is 9.53. The second-order valence-electron chi connectivity index (χ2n) is 7.74. The van der Waals surface area contributed by atoms with Gasteiger partial charge < -0.3 is 10.2 Å². The minimum absolute atomic E-state index is 0.0353. The Morgan fingerprint density at radius 3 is 2.75 bits per heavy atom. The molecule has 2 heterocycles. The summed E-state index contributed by atoms with van der Waals surface area (Å²) in [6.45, 7) is 5.91. The van der Waals surface area contributed by atoms with E-state index in [2.05, 4.69) is 24.5 Å². The van der Waals surface area contributed by atoms with Crippen LogP contribution in [0.15, 0.2) is 24.3 Å². The molecule has 8 nitrogen and oxygen atoms in total. The smallest absolute Gasteiger partial charge is 0.270 e. The lowest BCUT2D eigenvalue weighted by molar-refractivity contribution is -0.384. The molecule has 0 saturated carbocycles. The van der Waals surface area contributed by atoms with Crippen LogP contribution < -0.4 is 10.6 Å². The van der Waals surface area contributed by atoms with Gasteiger partial charge in [-0.15, -0.1) is 11.8 Å². The molecule has 2 saturated heterocycles. The number of likely N-dealkylation sites (tertiary alicyclic amines) is 1. The van der Waals surface area contributed by atoms with Crippen molar-refractivity contribution < 1.29 is 14.5 Å². The molecule has 2 aliphatic heterocycles. The number of carbonyl (C=O) groups is 2. The van der Waals surface area contributed by atoms with E-state index >= 15 is 0 Å². The normalized spacial score (nSPS) is 21.1. The standard InChI is InChI=1S/C19H26N4O4S/c1-13(2)11-20-17(24)16-12-28-19(21-16)6-8-22(9-7-19)18(25)14-4-3-5-15(10-14)23(26)27/h3-5,10,13,16,21H,6-9,11-12H2,1-2H3,(H,20,24). The molecular formula is C19H26N4O4S. The molecule has 28 heavy (non-hydrogen) atoms. The third-order valence-corrected chi connectivity index (χ3v) is 6.71. The van der Waals surface area contributed by atoms with Crippen molar-refractivity contribution in [2.24, 2.45) is 5.92 Å². The summed E-state index contributed by atoms with van der Waals surface area (Å²) in [7, 11) is 0. The summed E-state index contributed by atoms with van der Waals surface area (Å²) < 4.78 is 0. The molecule has 9 heteroatoms. The number of amides is 2. The second kappa shape index (κ2) is 8.48. The van der Waals surface area contributed by atoms with Crippen molar-refractivity contribution in [1.29, 1.82) is 0 Å². The highest BCUT2D eigenvalue weighted by molar-refractivity contribution is 8.01.